The molecular formula is C23H18Cl2N2O2S. The summed E-state index contributed by atoms with van der Waals surface area (Å²) in [6.45, 7) is 0.198. The van der Waals surface area contributed by atoms with Gasteiger partial charge in [-0.15, -0.1) is 0 Å². The second-order valence-electron chi connectivity index (χ2n) is 7.21. The monoisotopic (exact) mass is 456 g/mol. The van der Waals surface area contributed by atoms with E-state index in [1.807, 2.05) is 12.1 Å². The van der Waals surface area contributed by atoms with E-state index in [2.05, 4.69) is 6.07 Å². The van der Waals surface area contributed by atoms with E-state index in [9.17, 15) is 8.42 Å². The number of benzene rings is 3. The van der Waals surface area contributed by atoms with Crippen LogP contribution in [0.15, 0.2) is 71.6 Å². The van der Waals surface area contributed by atoms with E-state index in [0.717, 1.165) is 23.1 Å². The van der Waals surface area contributed by atoms with Gasteiger partial charge >= 0.3 is 0 Å². The molecule has 0 fully saturated rings. The number of sulfonamides is 1. The average molecular weight is 457 g/mol. The Labute approximate surface area is 186 Å². The summed E-state index contributed by atoms with van der Waals surface area (Å²) in [6, 6.07) is 20.6. The molecule has 152 valence electrons. The standard InChI is InChI=1S/C23H18Cl2N2O2S/c24-19-6-9-21(10-7-19)30(28,29)27(15-17-3-1-16(14-26)2-4-17)23-12-5-18-13-20(25)8-11-22(18)23/h1-4,6-11,13,23H,5,12,15H2. The van der Waals surface area contributed by atoms with Crippen molar-refractivity contribution >= 4 is 33.2 Å². The molecular weight excluding hydrogens is 439 g/mol. The molecule has 0 spiro atoms. The van der Waals surface area contributed by atoms with Crippen molar-refractivity contribution in [3.63, 3.8) is 0 Å². The third-order valence-electron chi connectivity index (χ3n) is 5.34. The number of rotatable bonds is 5. The van der Waals surface area contributed by atoms with E-state index in [-0.39, 0.29) is 17.5 Å². The summed E-state index contributed by atoms with van der Waals surface area (Å²) in [5.41, 5.74) is 3.40. The highest BCUT2D eigenvalue weighted by molar-refractivity contribution is 7.89. The number of halogens is 2. The van der Waals surface area contributed by atoms with Crippen LogP contribution in [0.5, 0.6) is 0 Å². The van der Waals surface area contributed by atoms with Crippen LogP contribution in [0.3, 0.4) is 0 Å². The van der Waals surface area contributed by atoms with Gasteiger partial charge in [-0.25, -0.2) is 8.42 Å². The molecule has 0 heterocycles. The zero-order valence-corrected chi connectivity index (χ0v) is 18.3. The van der Waals surface area contributed by atoms with Gasteiger partial charge in [0.2, 0.25) is 10.0 Å². The van der Waals surface area contributed by atoms with Gasteiger partial charge in [-0.1, -0.05) is 41.4 Å². The molecule has 0 amide bonds. The highest BCUT2D eigenvalue weighted by Gasteiger charge is 2.36. The predicted molar refractivity (Wildman–Crippen MR) is 118 cm³/mol. The Bertz CT molecular complexity index is 1220. The van der Waals surface area contributed by atoms with Gasteiger partial charge in [-0.05, 0) is 78.1 Å². The maximum absolute atomic E-state index is 13.6. The predicted octanol–water partition coefficient (Wildman–Crippen LogP) is 5.74. The van der Waals surface area contributed by atoms with Crippen LogP contribution < -0.4 is 0 Å². The van der Waals surface area contributed by atoms with Crippen molar-refractivity contribution in [2.75, 3.05) is 0 Å². The first-order chi connectivity index (χ1) is 14.4. The second kappa shape index (κ2) is 8.41. The minimum Gasteiger partial charge on any atom is -0.207 e. The van der Waals surface area contributed by atoms with Gasteiger partial charge in [0.25, 0.3) is 0 Å². The summed E-state index contributed by atoms with van der Waals surface area (Å²) in [5.74, 6) is 0. The third-order valence-corrected chi connectivity index (χ3v) is 7.70. The molecule has 7 heteroatoms. The Balaban J connectivity index is 1.77. The summed E-state index contributed by atoms with van der Waals surface area (Å²) in [5, 5.41) is 10.2. The van der Waals surface area contributed by atoms with E-state index < -0.39 is 10.0 Å². The van der Waals surface area contributed by atoms with E-state index in [0.29, 0.717) is 22.0 Å². The number of hydrogen-bond donors (Lipinski definition) is 0. The Morgan fingerprint density at radius 1 is 0.967 bits per heavy atom. The lowest BCUT2D eigenvalue weighted by Gasteiger charge is -2.29. The van der Waals surface area contributed by atoms with Gasteiger partial charge in [-0.3, -0.25) is 0 Å². The zero-order chi connectivity index (χ0) is 21.3. The highest BCUT2D eigenvalue weighted by Crippen LogP contribution is 2.40. The van der Waals surface area contributed by atoms with Gasteiger partial charge in [0, 0.05) is 16.6 Å². The van der Waals surface area contributed by atoms with Gasteiger partial charge in [0.05, 0.1) is 22.6 Å². The molecule has 0 saturated heterocycles. The molecule has 3 aromatic rings. The molecule has 30 heavy (non-hydrogen) atoms. The third kappa shape index (κ3) is 4.10. The van der Waals surface area contributed by atoms with Gasteiger partial charge in [-0.2, -0.15) is 9.57 Å². The lowest BCUT2D eigenvalue weighted by molar-refractivity contribution is 0.316. The van der Waals surface area contributed by atoms with Crippen LogP contribution in [-0.4, -0.2) is 12.7 Å². The lowest BCUT2D eigenvalue weighted by Crippen LogP contribution is -2.33. The molecule has 1 unspecified atom stereocenters. The highest BCUT2D eigenvalue weighted by atomic mass is 35.5. The normalized spacial score (nSPS) is 15.7. The summed E-state index contributed by atoms with van der Waals surface area (Å²) in [6.07, 6.45) is 1.44. The molecule has 0 aliphatic heterocycles. The van der Waals surface area contributed by atoms with E-state index >= 15 is 0 Å². The number of nitrogens with zero attached hydrogens (tertiary/aromatic N) is 2. The quantitative estimate of drug-likeness (QED) is 0.491. The Morgan fingerprint density at radius 3 is 2.30 bits per heavy atom. The number of hydrogen-bond acceptors (Lipinski definition) is 3. The zero-order valence-electron chi connectivity index (χ0n) is 15.9. The number of fused-ring (bicyclic) bond motifs is 1. The van der Waals surface area contributed by atoms with Gasteiger partial charge in [0.15, 0.2) is 0 Å². The Kier molecular flexibility index (Phi) is 5.86. The smallest absolute Gasteiger partial charge is 0.207 e. The summed E-state index contributed by atoms with van der Waals surface area (Å²) in [4.78, 5) is 0.197. The molecule has 1 aliphatic carbocycles. The molecule has 4 nitrogen and oxygen atoms in total. The van der Waals surface area contributed by atoms with Crippen molar-refractivity contribution in [3.8, 4) is 6.07 Å². The largest absolute Gasteiger partial charge is 0.243 e. The fourth-order valence-electron chi connectivity index (χ4n) is 3.83. The van der Waals surface area contributed by atoms with Crippen LogP contribution in [0, 0.1) is 11.3 Å². The van der Waals surface area contributed by atoms with Crippen molar-refractivity contribution < 1.29 is 8.42 Å². The van der Waals surface area contributed by atoms with Crippen LogP contribution in [0.4, 0.5) is 0 Å². The summed E-state index contributed by atoms with van der Waals surface area (Å²) >= 11 is 12.1. The van der Waals surface area contributed by atoms with Crippen LogP contribution >= 0.6 is 23.2 Å². The van der Waals surface area contributed by atoms with Crippen molar-refractivity contribution in [2.24, 2.45) is 0 Å². The minimum absolute atomic E-state index is 0.197. The van der Waals surface area contributed by atoms with Gasteiger partial charge < -0.3 is 0 Å². The summed E-state index contributed by atoms with van der Waals surface area (Å²) < 4.78 is 28.8. The van der Waals surface area contributed by atoms with Crippen LogP contribution in [0.2, 0.25) is 10.0 Å². The fraction of sp³-hybridized carbons (Fsp3) is 0.174. The molecule has 4 rings (SSSR count). The van der Waals surface area contributed by atoms with Crippen LogP contribution in [-0.2, 0) is 23.0 Å². The molecule has 3 aromatic carbocycles. The molecule has 0 N–H and O–H groups in total. The van der Waals surface area contributed by atoms with Crippen molar-refractivity contribution in [1.29, 1.82) is 5.26 Å². The molecule has 0 radical (unpaired) electrons. The van der Waals surface area contributed by atoms with E-state index in [4.69, 9.17) is 28.5 Å². The molecule has 1 aliphatic rings. The SMILES string of the molecule is N#Cc1ccc(CN(C2CCc3cc(Cl)ccc32)S(=O)(=O)c2ccc(Cl)cc2)cc1. The van der Waals surface area contributed by atoms with Crippen molar-refractivity contribution in [1.82, 2.24) is 4.31 Å². The maximum atomic E-state index is 13.6. The number of aryl methyl sites for hydroxylation is 1. The summed E-state index contributed by atoms with van der Waals surface area (Å²) in [7, 11) is -3.79. The molecule has 0 aromatic heterocycles. The lowest BCUT2D eigenvalue weighted by atomic mass is 10.1. The van der Waals surface area contributed by atoms with E-state index in [1.165, 1.54) is 16.4 Å². The second-order valence-corrected chi connectivity index (χ2v) is 9.97. The maximum Gasteiger partial charge on any atom is 0.243 e. The van der Waals surface area contributed by atoms with Crippen molar-refractivity contribution in [2.45, 2.75) is 30.3 Å². The molecule has 0 bridgehead atoms. The van der Waals surface area contributed by atoms with E-state index in [1.54, 1.807) is 42.5 Å². The first kappa shape index (κ1) is 20.9. The van der Waals surface area contributed by atoms with Crippen LogP contribution in [0.25, 0.3) is 0 Å². The Hall–Kier alpha value is -2.36. The first-order valence-corrected chi connectivity index (χ1v) is 11.6. The molecule has 0 saturated carbocycles. The minimum atomic E-state index is -3.79. The first-order valence-electron chi connectivity index (χ1n) is 9.43. The fourth-order valence-corrected chi connectivity index (χ4v) is 5.78. The van der Waals surface area contributed by atoms with Crippen molar-refractivity contribution in [3.05, 3.63) is 99.0 Å². The Morgan fingerprint density at radius 2 is 1.63 bits per heavy atom. The molecule has 1 atom stereocenters. The van der Waals surface area contributed by atoms with Gasteiger partial charge in [0.1, 0.15) is 0 Å². The number of nitriles is 1. The van der Waals surface area contributed by atoms with Crippen LogP contribution in [0.1, 0.15) is 34.7 Å². The average Bonchev–Trinajstić information content (AvgIpc) is 3.15. The topological polar surface area (TPSA) is 61.2 Å².